The quantitative estimate of drug-likeness (QED) is 0.667. The van der Waals surface area contributed by atoms with E-state index in [0.29, 0.717) is 5.71 Å². The predicted octanol–water partition coefficient (Wildman–Crippen LogP) is 3.21. The highest BCUT2D eigenvalue weighted by Gasteiger charge is 2.08. The molecule has 0 aliphatic carbocycles. The number of hydrogen-bond acceptors (Lipinski definition) is 3. The summed E-state index contributed by atoms with van der Waals surface area (Å²) in [7, 11) is 0. The van der Waals surface area contributed by atoms with Crippen LogP contribution in [0.3, 0.4) is 0 Å². The van der Waals surface area contributed by atoms with Gasteiger partial charge in [-0.2, -0.15) is 5.10 Å². The highest BCUT2D eigenvalue weighted by atomic mass is 16.3. The summed E-state index contributed by atoms with van der Waals surface area (Å²) in [6.45, 7) is 1.78. The lowest BCUT2D eigenvalue weighted by Crippen LogP contribution is -2.18. The van der Waals surface area contributed by atoms with Crippen molar-refractivity contribution in [2.75, 3.05) is 0 Å². The molecule has 1 amide bonds. The topological polar surface area (TPSA) is 61.7 Å². The first-order chi connectivity index (χ1) is 10.2. The summed E-state index contributed by atoms with van der Waals surface area (Å²) < 4.78 is 0. The van der Waals surface area contributed by atoms with Crippen molar-refractivity contribution < 1.29 is 9.90 Å². The van der Waals surface area contributed by atoms with E-state index in [1.807, 2.05) is 36.4 Å². The Labute approximate surface area is 123 Å². The standard InChI is InChI=1S/C17H16N2O2/c1-13(11-12-14-7-3-2-4-8-14)18-19-17(21)15-9-5-6-10-16(15)20/h2-12,20H,1H3,(H,19,21)/b12-11+,18-13+. The molecule has 0 aliphatic rings. The smallest absolute Gasteiger partial charge is 0.275 e. The van der Waals surface area contributed by atoms with Gasteiger partial charge in [-0.1, -0.05) is 48.5 Å². The first-order valence-electron chi connectivity index (χ1n) is 6.52. The fraction of sp³-hybridized carbons (Fsp3) is 0.0588. The number of benzene rings is 2. The zero-order valence-corrected chi connectivity index (χ0v) is 11.7. The Kier molecular flexibility index (Phi) is 4.88. The molecule has 0 aliphatic heterocycles. The van der Waals surface area contributed by atoms with E-state index in [1.54, 1.807) is 25.1 Å². The van der Waals surface area contributed by atoms with E-state index in [2.05, 4.69) is 10.5 Å². The van der Waals surface area contributed by atoms with Crippen LogP contribution in [-0.2, 0) is 0 Å². The van der Waals surface area contributed by atoms with Crippen molar-refractivity contribution in [2.45, 2.75) is 6.92 Å². The van der Waals surface area contributed by atoms with Crippen LogP contribution in [0.15, 0.2) is 65.8 Å². The molecule has 0 aromatic heterocycles. The second-order valence-electron chi connectivity index (χ2n) is 4.46. The van der Waals surface area contributed by atoms with E-state index < -0.39 is 5.91 Å². The van der Waals surface area contributed by atoms with Gasteiger partial charge in [0.2, 0.25) is 0 Å². The van der Waals surface area contributed by atoms with Gasteiger partial charge in [-0.25, -0.2) is 5.43 Å². The maximum atomic E-state index is 11.8. The van der Waals surface area contributed by atoms with E-state index in [1.165, 1.54) is 12.1 Å². The van der Waals surface area contributed by atoms with Crippen LogP contribution in [0, 0.1) is 0 Å². The number of hydrogen-bond donors (Lipinski definition) is 2. The van der Waals surface area contributed by atoms with Gasteiger partial charge in [0.05, 0.1) is 11.3 Å². The lowest BCUT2D eigenvalue weighted by molar-refractivity contribution is 0.0952. The van der Waals surface area contributed by atoms with Crippen molar-refractivity contribution >= 4 is 17.7 Å². The molecule has 2 aromatic carbocycles. The van der Waals surface area contributed by atoms with Crippen LogP contribution in [0.25, 0.3) is 6.08 Å². The average molecular weight is 280 g/mol. The van der Waals surface area contributed by atoms with E-state index in [0.717, 1.165) is 5.56 Å². The molecule has 2 aromatic rings. The van der Waals surface area contributed by atoms with Crippen LogP contribution >= 0.6 is 0 Å². The van der Waals surface area contributed by atoms with E-state index in [9.17, 15) is 9.90 Å². The molecule has 0 saturated heterocycles. The molecule has 4 heteroatoms. The Hall–Kier alpha value is -2.88. The number of nitrogens with zero attached hydrogens (tertiary/aromatic N) is 1. The van der Waals surface area contributed by atoms with Gasteiger partial charge in [0.15, 0.2) is 0 Å². The van der Waals surface area contributed by atoms with Gasteiger partial charge < -0.3 is 5.11 Å². The number of rotatable bonds is 4. The van der Waals surface area contributed by atoms with Crippen LogP contribution < -0.4 is 5.43 Å². The summed E-state index contributed by atoms with van der Waals surface area (Å²) in [4.78, 5) is 11.8. The van der Waals surface area contributed by atoms with Gasteiger partial charge in [-0.05, 0) is 30.7 Å². The highest BCUT2D eigenvalue weighted by molar-refractivity contribution is 6.00. The van der Waals surface area contributed by atoms with Crippen molar-refractivity contribution in [2.24, 2.45) is 5.10 Å². The van der Waals surface area contributed by atoms with Gasteiger partial charge in [0, 0.05) is 0 Å². The number of hydrazone groups is 1. The molecule has 2 N–H and O–H groups in total. The molecule has 4 nitrogen and oxygen atoms in total. The van der Waals surface area contributed by atoms with Gasteiger partial charge in [-0.15, -0.1) is 0 Å². The SMILES string of the molecule is CC(/C=C/c1ccccc1)=N\NC(=O)c1ccccc1O. The average Bonchev–Trinajstić information content (AvgIpc) is 2.52. The Balaban J connectivity index is 1.99. The van der Waals surface area contributed by atoms with Gasteiger partial charge in [-0.3, -0.25) is 4.79 Å². The first kappa shape index (κ1) is 14.5. The molecule has 0 spiro atoms. The van der Waals surface area contributed by atoms with E-state index in [4.69, 9.17) is 0 Å². The predicted molar refractivity (Wildman–Crippen MR) is 84.2 cm³/mol. The van der Waals surface area contributed by atoms with Gasteiger partial charge in [0.1, 0.15) is 5.75 Å². The molecule has 0 radical (unpaired) electrons. The third-order valence-electron chi connectivity index (χ3n) is 2.80. The number of aromatic hydroxyl groups is 1. The van der Waals surface area contributed by atoms with Crippen LogP contribution in [0.4, 0.5) is 0 Å². The fourth-order valence-corrected chi connectivity index (χ4v) is 1.68. The molecule has 0 fully saturated rings. The zero-order valence-electron chi connectivity index (χ0n) is 11.7. The van der Waals surface area contributed by atoms with Crippen LogP contribution in [0.2, 0.25) is 0 Å². The Morgan fingerprint density at radius 2 is 1.76 bits per heavy atom. The second kappa shape index (κ2) is 7.05. The third-order valence-corrected chi connectivity index (χ3v) is 2.80. The molecule has 2 rings (SSSR count). The largest absolute Gasteiger partial charge is 0.507 e. The minimum absolute atomic E-state index is 0.0670. The second-order valence-corrected chi connectivity index (χ2v) is 4.46. The number of phenols is 1. The minimum atomic E-state index is -0.444. The number of nitrogens with one attached hydrogen (secondary N) is 1. The lowest BCUT2D eigenvalue weighted by Gasteiger charge is -2.02. The molecular weight excluding hydrogens is 264 g/mol. The van der Waals surface area contributed by atoms with Crippen LogP contribution in [0.5, 0.6) is 5.75 Å². The molecule has 0 saturated carbocycles. The number of carbonyl (C=O) groups is 1. The van der Waals surface area contributed by atoms with Crippen molar-refractivity contribution in [3.63, 3.8) is 0 Å². The molecule has 21 heavy (non-hydrogen) atoms. The summed E-state index contributed by atoms with van der Waals surface area (Å²) in [5.41, 5.74) is 4.32. The van der Waals surface area contributed by atoms with Crippen molar-refractivity contribution in [3.8, 4) is 5.75 Å². The Morgan fingerprint density at radius 1 is 1.10 bits per heavy atom. The van der Waals surface area contributed by atoms with Crippen LogP contribution in [0.1, 0.15) is 22.8 Å². The highest BCUT2D eigenvalue weighted by Crippen LogP contribution is 2.14. The number of amides is 1. The van der Waals surface area contributed by atoms with Gasteiger partial charge in [0.25, 0.3) is 5.91 Å². The normalized spacial score (nSPS) is 11.6. The molecular formula is C17H16N2O2. The molecule has 0 unspecified atom stereocenters. The molecule has 106 valence electrons. The summed E-state index contributed by atoms with van der Waals surface area (Å²) in [5.74, 6) is -0.511. The zero-order chi connectivity index (χ0) is 15.1. The maximum absolute atomic E-state index is 11.8. The number of phenolic OH excluding ortho intramolecular Hbond substituents is 1. The first-order valence-corrected chi connectivity index (χ1v) is 6.52. The summed E-state index contributed by atoms with van der Waals surface area (Å²) in [5, 5.41) is 13.6. The van der Waals surface area contributed by atoms with Gasteiger partial charge >= 0.3 is 0 Å². The van der Waals surface area contributed by atoms with Crippen LogP contribution in [-0.4, -0.2) is 16.7 Å². The summed E-state index contributed by atoms with van der Waals surface area (Å²) >= 11 is 0. The Morgan fingerprint density at radius 3 is 2.48 bits per heavy atom. The van der Waals surface area contributed by atoms with Crippen molar-refractivity contribution in [1.82, 2.24) is 5.43 Å². The summed E-state index contributed by atoms with van der Waals surface area (Å²) in [6, 6.07) is 16.1. The fourth-order valence-electron chi connectivity index (χ4n) is 1.68. The third kappa shape index (κ3) is 4.31. The van der Waals surface area contributed by atoms with E-state index in [-0.39, 0.29) is 11.3 Å². The number of allylic oxidation sites excluding steroid dienone is 1. The maximum Gasteiger partial charge on any atom is 0.275 e. The summed E-state index contributed by atoms with van der Waals surface area (Å²) in [6.07, 6.45) is 3.71. The molecule has 0 atom stereocenters. The van der Waals surface area contributed by atoms with Crippen molar-refractivity contribution in [3.05, 3.63) is 71.8 Å². The lowest BCUT2D eigenvalue weighted by atomic mass is 10.2. The van der Waals surface area contributed by atoms with E-state index >= 15 is 0 Å². The number of carbonyl (C=O) groups excluding carboxylic acids is 1. The molecule has 0 heterocycles. The minimum Gasteiger partial charge on any atom is -0.507 e. The Bertz CT molecular complexity index is 676. The molecule has 0 bridgehead atoms. The van der Waals surface area contributed by atoms with Crippen molar-refractivity contribution in [1.29, 1.82) is 0 Å². The number of para-hydroxylation sites is 1. The monoisotopic (exact) mass is 280 g/mol.